The second-order valence-electron chi connectivity index (χ2n) is 8.63. The van der Waals surface area contributed by atoms with Crippen LogP contribution < -0.4 is 5.32 Å². The molecule has 2 aliphatic rings. The second-order valence-corrected chi connectivity index (χ2v) is 8.63. The number of aliphatic imine (C=N–C) groups is 1. The van der Waals surface area contributed by atoms with E-state index in [0.717, 1.165) is 51.6 Å². The van der Waals surface area contributed by atoms with Crippen LogP contribution in [0.25, 0.3) is 0 Å². The van der Waals surface area contributed by atoms with Crippen LogP contribution in [0.5, 0.6) is 0 Å². The Morgan fingerprint density at radius 1 is 1.09 bits per heavy atom. The molecule has 4 rings (SSSR count). The van der Waals surface area contributed by atoms with Gasteiger partial charge in [0.05, 0.1) is 19.3 Å². The van der Waals surface area contributed by atoms with Crippen molar-refractivity contribution in [1.29, 1.82) is 0 Å². The van der Waals surface area contributed by atoms with E-state index in [0.29, 0.717) is 18.4 Å². The Labute approximate surface area is 209 Å². The third-order valence-corrected chi connectivity index (χ3v) is 6.36. The fraction of sp³-hybridized carbons (Fsp3) is 0.500. The summed E-state index contributed by atoms with van der Waals surface area (Å²) in [6.45, 7) is 5.25. The van der Waals surface area contributed by atoms with Gasteiger partial charge in [0.1, 0.15) is 0 Å². The molecule has 2 fully saturated rings. The molecule has 3 atom stereocenters. The van der Waals surface area contributed by atoms with E-state index in [4.69, 9.17) is 9.47 Å². The molecule has 0 aliphatic carbocycles. The standard InChI is InChI=1S/C26H35N3O2.HI/c1-27-26(28-17-24-13-8-16-31-25(24)23-11-6-3-7-12-23)29-15-14-22(18-29)20-30-19-21-9-4-2-5-10-21;/h2-7,9-12,22,24-25H,8,13-20H2,1H3,(H,27,28);1H. The topological polar surface area (TPSA) is 46.1 Å². The van der Waals surface area contributed by atoms with Crippen LogP contribution in [0, 0.1) is 11.8 Å². The summed E-state index contributed by atoms with van der Waals surface area (Å²) < 4.78 is 12.1. The Bertz CT molecular complexity index is 818. The number of nitrogens with one attached hydrogen (secondary N) is 1. The minimum Gasteiger partial charge on any atom is -0.376 e. The molecular formula is C26H36IN3O2. The number of rotatable bonds is 7. The van der Waals surface area contributed by atoms with E-state index in [1.54, 1.807) is 0 Å². The summed E-state index contributed by atoms with van der Waals surface area (Å²) in [5.41, 5.74) is 2.51. The lowest BCUT2D eigenvalue weighted by Gasteiger charge is -2.33. The van der Waals surface area contributed by atoms with E-state index in [2.05, 4.69) is 69.8 Å². The Hall–Kier alpha value is -1.64. The number of nitrogens with zero attached hydrogens (tertiary/aromatic N) is 2. The highest BCUT2D eigenvalue weighted by atomic mass is 127. The molecule has 2 aliphatic heterocycles. The number of likely N-dealkylation sites (tertiary alicyclic amines) is 1. The van der Waals surface area contributed by atoms with Crippen LogP contribution in [-0.2, 0) is 16.1 Å². The maximum Gasteiger partial charge on any atom is 0.193 e. The van der Waals surface area contributed by atoms with Crippen molar-refractivity contribution in [2.24, 2.45) is 16.8 Å². The average molecular weight is 549 g/mol. The van der Waals surface area contributed by atoms with Crippen molar-refractivity contribution in [2.45, 2.75) is 32.0 Å². The predicted octanol–water partition coefficient (Wildman–Crippen LogP) is 4.89. The van der Waals surface area contributed by atoms with Crippen molar-refractivity contribution in [2.75, 3.05) is 39.9 Å². The van der Waals surface area contributed by atoms with Gasteiger partial charge in [0.25, 0.3) is 0 Å². The van der Waals surface area contributed by atoms with E-state index in [9.17, 15) is 0 Å². The fourth-order valence-electron chi connectivity index (χ4n) is 4.70. The number of benzene rings is 2. The summed E-state index contributed by atoms with van der Waals surface area (Å²) in [7, 11) is 1.88. The number of hydrogen-bond acceptors (Lipinski definition) is 3. The van der Waals surface area contributed by atoms with Gasteiger partial charge in [0, 0.05) is 45.1 Å². The first-order valence-electron chi connectivity index (χ1n) is 11.6. The van der Waals surface area contributed by atoms with E-state index >= 15 is 0 Å². The van der Waals surface area contributed by atoms with Gasteiger partial charge < -0.3 is 19.7 Å². The summed E-state index contributed by atoms with van der Waals surface area (Å²) in [6, 6.07) is 21.0. The summed E-state index contributed by atoms with van der Waals surface area (Å²) in [5.74, 6) is 2.01. The van der Waals surface area contributed by atoms with Gasteiger partial charge in [0.2, 0.25) is 0 Å². The second kappa shape index (κ2) is 13.2. The van der Waals surface area contributed by atoms with E-state index in [1.165, 1.54) is 17.5 Å². The van der Waals surface area contributed by atoms with Crippen LogP contribution in [0.2, 0.25) is 0 Å². The van der Waals surface area contributed by atoms with E-state index < -0.39 is 0 Å². The number of halogens is 1. The lowest BCUT2D eigenvalue weighted by Crippen LogP contribution is -2.43. The SMILES string of the molecule is CN=C(NCC1CCCOC1c1ccccc1)N1CCC(COCc2ccccc2)C1.I. The van der Waals surface area contributed by atoms with Crippen LogP contribution in [0.3, 0.4) is 0 Å². The zero-order chi connectivity index (χ0) is 21.3. The van der Waals surface area contributed by atoms with Crippen molar-refractivity contribution in [3.8, 4) is 0 Å². The molecule has 2 aromatic carbocycles. The first-order chi connectivity index (χ1) is 15.3. The highest BCUT2D eigenvalue weighted by Gasteiger charge is 2.29. The molecule has 0 radical (unpaired) electrons. The lowest BCUT2D eigenvalue weighted by atomic mass is 9.89. The normalized spacial score (nSPS) is 23.6. The monoisotopic (exact) mass is 549 g/mol. The highest BCUT2D eigenvalue weighted by Crippen LogP contribution is 2.33. The molecule has 32 heavy (non-hydrogen) atoms. The van der Waals surface area contributed by atoms with Crippen molar-refractivity contribution < 1.29 is 9.47 Å². The van der Waals surface area contributed by atoms with Crippen molar-refractivity contribution >= 4 is 29.9 Å². The molecule has 0 aromatic heterocycles. The molecule has 2 saturated heterocycles. The Balaban J connectivity index is 0.00000289. The summed E-state index contributed by atoms with van der Waals surface area (Å²) in [4.78, 5) is 6.94. The maximum atomic E-state index is 6.16. The van der Waals surface area contributed by atoms with Crippen LogP contribution in [0.1, 0.15) is 36.5 Å². The van der Waals surface area contributed by atoms with Gasteiger partial charge in [-0.05, 0) is 30.4 Å². The molecule has 0 saturated carbocycles. The minimum absolute atomic E-state index is 0. The van der Waals surface area contributed by atoms with Gasteiger partial charge in [-0.25, -0.2) is 0 Å². The van der Waals surface area contributed by atoms with Crippen LogP contribution in [0.15, 0.2) is 65.7 Å². The summed E-state index contributed by atoms with van der Waals surface area (Å²) >= 11 is 0. The first-order valence-corrected chi connectivity index (χ1v) is 11.6. The quantitative estimate of drug-likeness (QED) is 0.304. The minimum atomic E-state index is 0. The zero-order valence-electron chi connectivity index (χ0n) is 19.0. The van der Waals surface area contributed by atoms with Gasteiger partial charge in [-0.3, -0.25) is 4.99 Å². The Kier molecular flexibility index (Phi) is 10.3. The molecule has 2 aromatic rings. The molecular weight excluding hydrogens is 513 g/mol. The third kappa shape index (κ3) is 6.93. The molecule has 1 N–H and O–H groups in total. The Morgan fingerprint density at radius 3 is 2.59 bits per heavy atom. The fourth-order valence-corrected chi connectivity index (χ4v) is 4.70. The van der Waals surface area contributed by atoms with Gasteiger partial charge in [-0.2, -0.15) is 0 Å². The highest BCUT2D eigenvalue weighted by molar-refractivity contribution is 14.0. The van der Waals surface area contributed by atoms with Gasteiger partial charge in [0.15, 0.2) is 5.96 Å². The molecule has 2 heterocycles. The summed E-state index contributed by atoms with van der Waals surface area (Å²) in [5, 5.41) is 3.64. The van der Waals surface area contributed by atoms with Gasteiger partial charge in [-0.15, -0.1) is 24.0 Å². The van der Waals surface area contributed by atoms with E-state index in [1.807, 2.05) is 13.1 Å². The number of guanidine groups is 1. The molecule has 174 valence electrons. The van der Waals surface area contributed by atoms with Crippen LogP contribution in [0.4, 0.5) is 0 Å². The third-order valence-electron chi connectivity index (χ3n) is 6.36. The smallest absolute Gasteiger partial charge is 0.193 e. The molecule has 0 amide bonds. The zero-order valence-corrected chi connectivity index (χ0v) is 21.3. The van der Waals surface area contributed by atoms with Crippen molar-refractivity contribution in [3.05, 3.63) is 71.8 Å². The van der Waals surface area contributed by atoms with Crippen molar-refractivity contribution in [3.63, 3.8) is 0 Å². The molecule has 0 bridgehead atoms. The number of ether oxygens (including phenoxy) is 2. The van der Waals surface area contributed by atoms with Gasteiger partial charge in [-0.1, -0.05) is 60.7 Å². The summed E-state index contributed by atoms with van der Waals surface area (Å²) in [6.07, 6.45) is 3.62. The lowest BCUT2D eigenvalue weighted by molar-refractivity contribution is -0.0266. The van der Waals surface area contributed by atoms with Crippen LogP contribution >= 0.6 is 24.0 Å². The predicted molar refractivity (Wildman–Crippen MR) is 140 cm³/mol. The van der Waals surface area contributed by atoms with Crippen molar-refractivity contribution in [1.82, 2.24) is 10.2 Å². The maximum absolute atomic E-state index is 6.16. The molecule has 0 spiro atoms. The average Bonchev–Trinajstić information content (AvgIpc) is 3.30. The first kappa shape index (κ1) is 25.0. The van der Waals surface area contributed by atoms with Gasteiger partial charge >= 0.3 is 0 Å². The largest absolute Gasteiger partial charge is 0.376 e. The molecule has 5 nitrogen and oxygen atoms in total. The van der Waals surface area contributed by atoms with E-state index in [-0.39, 0.29) is 30.1 Å². The Morgan fingerprint density at radius 2 is 1.84 bits per heavy atom. The molecule has 6 heteroatoms. The number of hydrogen-bond donors (Lipinski definition) is 1. The van der Waals surface area contributed by atoms with Crippen LogP contribution in [-0.4, -0.2) is 50.8 Å². The molecule has 3 unspecified atom stereocenters.